The SMILES string of the molecule is CC(=O)N(CCc1noc(CC(C)C)n1)C1CCN(Cc2c(C)noc2C)C1. The van der Waals surface area contributed by atoms with E-state index in [1.807, 2.05) is 18.7 Å². The van der Waals surface area contributed by atoms with E-state index in [0.29, 0.717) is 30.6 Å². The van der Waals surface area contributed by atoms with Gasteiger partial charge in [0.25, 0.3) is 0 Å². The molecule has 1 amide bonds. The maximum Gasteiger partial charge on any atom is 0.226 e. The smallest absolute Gasteiger partial charge is 0.226 e. The highest BCUT2D eigenvalue weighted by Crippen LogP contribution is 2.21. The molecule has 1 aliphatic rings. The molecule has 3 rings (SSSR count). The van der Waals surface area contributed by atoms with E-state index in [4.69, 9.17) is 9.05 Å². The summed E-state index contributed by atoms with van der Waals surface area (Å²) >= 11 is 0. The van der Waals surface area contributed by atoms with Crippen LogP contribution in [0.3, 0.4) is 0 Å². The monoisotopic (exact) mass is 389 g/mol. The van der Waals surface area contributed by atoms with E-state index in [1.54, 1.807) is 6.92 Å². The van der Waals surface area contributed by atoms with Crippen LogP contribution in [0.2, 0.25) is 0 Å². The van der Waals surface area contributed by atoms with Crippen molar-refractivity contribution in [1.29, 1.82) is 0 Å². The molecule has 0 aromatic carbocycles. The van der Waals surface area contributed by atoms with Crippen molar-refractivity contribution < 1.29 is 13.8 Å². The van der Waals surface area contributed by atoms with Gasteiger partial charge in [-0.05, 0) is 26.2 Å². The summed E-state index contributed by atoms with van der Waals surface area (Å²) in [6, 6.07) is 0.208. The Hall–Kier alpha value is -2.22. The average molecular weight is 390 g/mol. The van der Waals surface area contributed by atoms with Crippen LogP contribution in [0.4, 0.5) is 0 Å². The molecule has 1 fully saturated rings. The third-order valence-electron chi connectivity index (χ3n) is 5.33. The van der Waals surface area contributed by atoms with Crippen molar-refractivity contribution in [3.8, 4) is 0 Å². The minimum absolute atomic E-state index is 0.0927. The Morgan fingerprint density at radius 1 is 1.29 bits per heavy atom. The highest BCUT2D eigenvalue weighted by atomic mass is 16.5. The molecule has 0 aliphatic carbocycles. The Balaban J connectivity index is 1.55. The van der Waals surface area contributed by atoms with Gasteiger partial charge in [0.1, 0.15) is 5.76 Å². The van der Waals surface area contributed by atoms with Crippen LogP contribution in [0.15, 0.2) is 9.05 Å². The molecule has 2 aromatic heterocycles. The number of hydrogen-bond donors (Lipinski definition) is 0. The van der Waals surface area contributed by atoms with Gasteiger partial charge in [0.2, 0.25) is 11.8 Å². The van der Waals surface area contributed by atoms with Crippen LogP contribution in [-0.2, 0) is 24.2 Å². The number of likely N-dealkylation sites (tertiary alicyclic amines) is 1. The minimum atomic E-state index is 0.0927. The van der Waals surface area contributed by atoms with Crippen LogP contribution in [0.1, 0.15) is 55.9 Å². The number of carbonyl (C=O) groups excluding carboxylic acids is 1. The maximum atomic E-state index is 12.3. The zero-order chi connectivity index (χ0) is 20.3. The molecule has 0 bridgehead atoms. The standard InChI is InChI=1S/C20H31N5O3/c1-13(2)10-20-21-19(23-28-20)7-9-25(16(5)26)17-6-8-24(11-17)12-18-14(3)22-27-15(18)4/h13,17H,6-12H2,1-5H3. The van der Waals surface area contributed by atoms with Gasteiger partial charge in [0, 0.05) is 57.5 Å². The first-order valence-electron chi connectivity index (χ1n) is 10.1. The molecule has 2 aromatic rings. The molecule has 28 heavy (non-hydrogen) atoms. The Bertz CT molecular complexity index is 778. The number of aromatic nitrogens is 3. The van der Waals surface area contributed by atoms with Gasteiger partial charge in [-0.15, -0.1) is 0 Å². The number of hydrogen-bond acceptors (Lipinski definition) is 7. The average Bonchev–Trinajstić information content (AvgIpc) is 3.33. The highest BCUT2D eigenvalue weighted by molar-refractivity contribution is 5.73. The van der Waals surface area contributed by atoms with Crippen molar-refractivity contribution in [2.75, 3.05) is 19.6 Å². The fraction of sp³-hybridized carbons (Fsp3) is 0.700. The lowest BCUT2D eigenvalue weighted by molar-refractivity contribution is -0.130. The van der Waals surface area contributed by atoms with Crippen molar-refractivity contribution >= 4 is 5.91 Å². The number of nitrogens with zero attached hydrogens (tertiary/aromatic N) is 5. The van der Waals surface area contributed by atoms with Gasteiger partial charge in [-0.1, -0.05) is 24.2 Å². The quantitative estimate of drug-likeness (QED) is 0.685. The Labute approximate surface area is 166 Å². The first-order chi connectivity index (χ1) is 13.3. The second-order valence-corrected chi connectivity index (χ2v) is 8.15. The lowest BCUT2D eigenvalue weighted by Crippen LogP contribution is -2.42. The Kier molecular flexibility index (Phi) is 6.49. The zero-order valence-electron chi connectivity index (χ0n) is 17.6. The summed E-state index contributed by atoms with van der Waals surface area (Å²) in [5.74, 6) is 2.79. The molecule has 0 saturated carbocycles. The summed E-state index contributed by atoms with van der Waals surface area (Å²) in [6.45, 7) is 13.0. The Morgan fingerprint density at radius 3 is 2.71 bits per heavy atom. The summed E-state index contributed by atoms with van der Waals surface area (Å²) in [5.41, 5.74) is 2.10. The minimum Gasteiger partial charge on any atom is -0.361 e. The van der Waals surface area contributed by atoms with Gasteiger partial charge >= 0.3 is 0 Å². The van der Waals surface area contributed by atoms with Crippen molar-refractivity contribution in [3.63, 3.8) is 0 Å². The van der Waals surface area contributed by atoms with E-state index in [-0.39, 0.29) is 11.9 Å². The molecule has 3 heterocycles. The van der Waals surface area contributed by atoms with E-state index < -0.39 is 0 Å². The molecule has 0 radical (unpaired) electrons. The molecule has 1 unspecified atom stereocenters. The van der Waals surface area contributed by atoms with E-state index in [2.05, 4.69) is 34.0 Å². The molecular weight excluding hydrogens is 358 g/mol. The summed E-state index contributed by atoms with van der Waals surface area (Å²) < 4.78 is 10.6. The second kappa shape index (κ2) is 8.86. The van der Waals surface area contributed by atoms with Crippen molar-refractivity contribution in [2.24, 2.45) is 5.92 Å². The molecule has 1 atom stereocenters. The van der Waals surface area contributed by atoms with E-state index in [1.165, 1.54) is 0 Å². The van der Waals surface area contributed by atoms with Gasteiger partial charge in [-0.3, -0.25) is 9.69 Å². The third-order valence-corrected chi connectivity index (χ3v) is 5.33. The number of rotatable bonds is 8. The van der Waals surface area contributed by atoms with Crippen LogP contribution < -0.4 is 0 Å². The van der Waals surface area contributed by atoms with E-state index in [9.17, 15) is 4.79 Å². The van der Waals surface area contributed by atoms with Gasteiger partial charge in [0.05, 0.1) is 5.69 Å². The molecular formula is C20H31N5O3. The summed E-state index contributed by atoms with van der Waals surface area (Å²) in [5, 5.41) is 8.09. The molecule has 1 aliphatic heterocycles. The molecule has 154 valence electrons. The molecule has 1 saturated heterocycles. The van der Waals surface area contributed by atoms with Gasteiger partial charge in [-0.2, -0.15) is 4.98 Å². The van der Waals surface area contributed by atoms with Crippen LogP contribution in [0, 0.1) is 19.8 Å². The number of aryl methyl sites for hydroxylation is 2. The van der Waals surface area contributed by atoms with Gasteiger partial charge < -0.3 is 13.9 Å². The highest BCUT2D eigenvalue weighted by Gasteiger charge is 2.30. The van der Waals surface area contributed by atoms with Crippen LogP contribution in [0.5, 0.6) is 0 Å². The second-order valence-electron chi connectivity index (χ2n) is 8.15. The fourth-order valence-electron chi connectivity index (χ4n) is 3.80. The number of amides is 1. The van der Waals surface area contributed by atoms with Crippen molar-refractivity contribution in [3.05, 3.63) is 28.7 Å². The predicted molar refractivity (Wildman–Crippen MR) is 104 cm³/mol. The van der Waals surface area contributed by atoms with Crippen LogP contribution in [0.25, 0.3) is 0 Å². The van der Waals surface area contributed by atoms with Crippen molar-refractivity contribution in [2.45, 2.75) is 66.5 Å². The first-order valence-corrected chi connectivity index (χ1v) is 10.1. The third kappa shape index (κ3) is 4.98. The summed E-state index contributed by atoms with van der Waals surface area (Å²) in [4.78, 5) is 21.0. The molecule has 0 spiro atoms. The molecule has 8 heteroatoms. The maximum absolute atomic E-state index is 12.3. The number of carbonyl (C=O) groups is 1. The largest absolute Gasteiger partial charge is 0.361 e. The normalized spacial score (nSPS) is 17.6. The van der Waals surface area contributed by atoms with Gasteiger partial charge in [-0.25, -0.2) is 0 Å². The van der Waals surface area contributed by atoms with Gasteiger partial charge in [0.15, 0.2) is 5.82 Å². The predicted octanol–water partition coefficient (Wildman–Crippen LogP) is 2.54. The topological polar surface area (TPSA) is 88.5 Å². The van der Waals surface area contributed by atoms with Crippen LogP contribution >= 0.6 is 0 Å². The van der Waals surface area contributed by atoms with Crippen molar-refractivity contribution in [1.82, 2.24) is 25.1 Å². The Morgan fingerprint density at radius 2 is 2.07 bits per heavy atom. The van der Waals surface area contributed by atoms with E-state index >= 15 is 0 Å². The molecule has 8 nitrogen and oxygen atoms in total. The van der Waals surface area contributed by atoms with E-state index in [0.717, 1.165) is 49.5 Å². The lowest BCUT2D eigenvalue weighted by atomic mass is 10.1. The fourth-order valence-corrected chi connectivity index (χ4v) is 3.80. The summed E-state index contributed by atoms with van der Waals surface area (Å²) in [7, 11) is 0. The molecule has 0 N–H and O–H groups in total. The van der Waals surface area contributed by atoms with Crippen LogP contribution in [-0.4, -0.2) is 56.7 Å². The lowest BCUT2D eigenvalue weighted by Gasteiger charge is -2.27. The summed E-state index contributed by atoms with van der Waals surface area (Å²) in [6.07, 6.45) is 2.36. The zero-order valence-corrected chi connectivity index (χ0v) is 17.6. The first kappa shape index (κ1) is 20.5.